The van der Waals surface area contributed by atoms with Gasteiger partial charge in [-0.15, -0.1) is 0 Å². The van der Waals surface area contributed by atoms with Crippen LogP contribution in [0.1, 0.15) is 11.1 Å². The molecule has 0 atom stereocenters. The zero-order valence-electron chi connectivity index (χ0n) is 13.3. The molecule has 0 aliphatic carbocycles. The first kappa shape index (κ1) is 16.8. The van der Waals surface area contributed by atoms with Crippen LogP contribution in [0, 0.1) is 19.7 Å². The normalized spacial score (nSPS) is 10.2. The predicted molar refractivity (Wildman–Crippen MR) is 86.3 cm³/mol. The third kappa shape index (κ3) is 5.62. The number of nitrogens with one attached hydrogen (secondary N) is 1. The second-order valence-electron chi connectivity index (χ2n) is 5.19. The van der Waals surface area contributed by atoms with Gasteiger partial charge in [0.1, 0.15) is 23.9 Å². The van der Waals surface area contributed by atoms with Gasteiger partial charge in [0, 0.05) is 0 Å². The summed E-state index contributed by atoms with van der Waals surface area (Å²) in [5.74, 6) is 0.706. The highest BCUT2D eigenvalue weighted by atomic mass is 19.1. The van der Waals surface area contributed by atoms with Gasteiger partial charge in [-0.25, -0.2) is 4.39 Å². The molecule has 2 aromatic carbocycles. The van der Waals surface area contributed by atoms with Crippen LogP contribution in [0.2, 0.25) is 0 Å². The number of benzene rings is 2. The van der Waals surface area contributed by atoms with E-state index in [9.17, 15) is 9.18 Å². The van der Waals surface area contributed by atoms with Crippen molar-refractivity contribution in [1.29, 1.82) is 0 Å². The standard InChI is InChI=1S/C18H20FNO3/c1-13-3-6-17(11-14(13)2)23-12-18(21)20-9-10-22-16-7-4-15(19)5-8-16/h3-8,11H,9-10,12H2,1-2H3,(H,20,21). The highest BCUT2D eigenvalue weighted by Gasteiger charge is 2.03. The molecule has 0 aromatic heterocycles. The Bertz CT molecular complexity index is 656. The number of amides is 1. The van der Waals surface area contributed by atoms with E-state index in [1.54, 1.807) is 12.1 Å². The molecular weight excluding hydrogens is 297 g/mol. The quantitative estimate of drug-likeness (QED) is 0.799. The Morgan fingerprint density at radius 1 is 1.00 bits per heavy atom. The molecule has 0 aliphatic heterocycles. The van der Waals surface area contributed by atoms with E-state index >= 15 is 0 Å². The molecule has 4 nitrogen and oxygen atoms in total. The highest BCUT2D eigenvalue weighted by molar-refractivity contribution is 5.77. The summed E-state index contributed by atoms with van der Waals surface area (Å²) in [5, 5.41) is 2.70. The molecular formula is C18H20FNO3. The highest BCUT2D eigenvalue weighted by Crippen LogP contribution is 2.16. The molecule has 0 fully saturated rings. The van der Waals surface area contributed by atoms with Crippen molar-refractivity contribution in [2.24, 2.45) is 0 Å². The minimum absolute atomic E-state index is 0.0426. The van der Waals surface area contributed by atoms with Crippen molar-refractivity contribution < 1.29 is 18.7 Å². The lowest BCUT2D eigenvalue weighted by Gasteiger charge is -2.10. The van der Waals surface area contributed by atoms with Gasteiger partial charge in [0.25, 0.3) is 5.91 Å². The lowest BCUT2D eigenvalue weighted by Crippen LogP contribution is -2.32. The SMILES string of the molecule is Cc1ccc(OCC(=O)NCCOc2ccc(F)cc2)cc1C. The Morgan fingerprint density at radius 2 is 1.70 bits per heavy atom. The van der Waals surface area contributed by atoms with Crippen molar-refractivity contribution in [3.63, 3.8) is 0 Å². The van der Waals surface area contributed by atoms with Crippen LogP contribution in [0.4, 0.5) is 4.39 Å². The number of hydrogen-bond donors (Lipinski definition) is 1. The average Bonchev–Trinajstić information content (AvgIpc) is 2.54. The van der Waals surface area contributed by atoms with E-state index in [4.69, 9.17) is 9.47 Å². The van der Waals surface area contributed by atoms with Gasteiger partial charge in [-0.3, -0.25) is 4.79 Å². The van der Waals surface area contributed by atoms with Gasteiger partial charge >= 0.3 is 0 Å². The lowest BCUT2D eigenvalue weighted by molar-refractivity contribution is -0.123. The number of hydrogen-bond acceptors (Lipinski definition) is 3. The minimum Gasteiger partial charge on any atom is -0.492 e. The summed E-state index contributed by atoms with van der Waals surface area (Å²) in [4.78, 5) is 11.7. The van der Waals surface area contributed by atoms with E-state index in [2.05, 4.69) is 5.32 Å². The van der Waals surface area contributed by atoms with Crippen molar-refractivity contribution >= 4 is 5.91 Å². The maximum atomic E-state index is 12.7. The fourth-order valence-electron chi connectivity index (χ4n) is 1.89. The number of rotatable bonds is 7. The number of carbonyl (C=O) groups is 1. The van der Waals surface area contributed by atoms with Crippen molar-refractivity contribution in [2.75, 3.05) is 19.8 Å². The Labute approximate surface area is 135 Å². The molecule has 2 rings (SSSR count). The number of halogens is 1. The van der Waals surface area contributed by atoms with Crippen molar-refractivity contribution in [1.82, 2.24) is 5.32 Å². The molecule has 0 radical (unpaired) electrons. The van der Waals surface area contributed by atoms with Gasteiger partial charge < -0.3 is 14.8 Å². The smallest absolute Gasteiger partial charge is 0.258 e. The molecule has 122 valence electrons. The van der Waals surface area contributed by atoms with Crippen molar-refractivity contribution in [3.05, 3.63) is 59.4 Å². The van der Waals surface area contributed by atoms with Crippen LogP contribution in [0.25, 0.3) is 0 Å². The van der Waals surface area contributed by atoms with Crippen LogP contribution in [-0.2, 0) is 4.79 Å². The topological polar surface area (TPSA) is 47.6 Å². The summed E-state index contributed by atoms with van der Waals surface area (Å²) in [6.45, 7) is 4.63. The summed E-state index contributed by atoms with van der Waals surface area (Å²) in [6.07, 6.45) is 0. The van der Waals surface area contributed by atoms with Gasteiger partial charge in [-0.05, 0) is 61.4 Å². The van der Waals surface area contributed by atoms with Crippen LogP contribution in [0.5, 0.6) is 11.5 Å². The summed E-state index contributed by atoms with van der Waals surface area (Å²) in [7, 11) is 0. The summed E-state index contributed by atoms with van der Waals surface area (Å²) in [5.41, 5.74) is 2.30. The zero-order chi connectivity index (χ0) is 16.7. The van der Waals surface area contributed by atoms with Crippen LogP contribution >= 0.6 is 0 Å². The summed E-state index contributed by atoms with van der Waals surface area (Å²) >= 11 is 0. The van der Waals surface area contributed by atoms with Gasteiger partial charge in [-0.2, -0.15) is 0 Å². The Morgan fingerprint density at radius 3 is 2.39 bits per heavy atom. The Kier molecular flexibility index (Phi) is 5.97. The first-order valence-electron chi connectivity index (χ1n) is 7.40. The van der Waals surface area contributed by atoms with E-state index in [0.717, 1.165) is 5.56 Å². The van der Waals surface area contributed by atoms with Crippen LogP contribution in [-0.4, -0.2) is 25.7 Å². The molecule has 1 amide bonds. The molecule has 1 N–H and O–H groups in total. The third-order valence-corrected chi connectivity index (χ3v) is 3.35. The fraction of sp³-hybridized carbons (Fsp3) is 0.278. The van der Waals surface area contributed by atoms with Gasteiger partial charge in [0.15, 0.2) is 6.61 Å². The number of ether oxygens (including phenoxy) is 2. The molecule has 0 saturated heterocycles. The van der Waals surface area contributed by atoms with E-state index in [0.29, 0.717) is 24.7 Å². The maximum Gasteiger partial charge on any atom is 0.258 e. The molecule has 0 heterocycles. The average molecular weight is 317 g/mol. The molecule has 23 heavy (non-hydrogen) atoms. The van der Waals surface area contributed by atoms with Crippen LogP contribution in [0.15, 0.2) is 42.5 Å². The fourth-order valence-corrected chi connectivity index (χ4v) is 1.89. The molecule has 0 bridgehead atoms. The van der Waals surface area contributed by atoms with E-state index in [1.807, 2.05) is 32.0 Å². The first-order valence-corrected chi connectivity index (χ1v) is 7.40. The molecule has 0 spiro atoms. The minimum atomic E-state index is -0.311. The molecule has 0 saturated carbocycles. The van der Waals surface area contributed by atoms with Crippen molar-refractivity contribution in [3.8, 4) is 11.5 Å². The van der Waals surface area contributed by atoms with Crippen molar-refractivity contribution in [2.45, 2.75) is 13.8 Å². The first-order chi connectivity index (χ1) is 11.0. The molecule has 5 heteroatoms. The Balaban J connectivity index is 1.65. The van der Waals surface area contributed by atoms with Gasteiger partial charge in [-0.1, -0.05) is 6.07 Å². The monoisotopic (exact) mass is 317 g/mol. The van der Waals surface area contributed by atoms with E-state index in [-0.39, 0.29) is 18.3 Å². The largest absolute Gasteiger partial charge is 0.492 e. The van der Waals surface area contributed by atoms with E-state index < -0.39 is 0 Å². The zero-order valence-corrected chi connectivity index (χ0v) is 13.3. The Hall–Kier alpha value is -2.56. The maximum absolute atomic E-state index is 12.7. The van der Waals surface area contributed by atoms with Crippen LogP contribution in [0.3, 0.4) is 0 Å². The second-order valence-corrected chi connectivity index (χ2v) is 5.19. The van der Waals surface area contributed by atoms with Gasteiger partial charge in [0.05, 0.1) is 6.54 Å². The third-order valence-electron chi connectivity index (χ3n) is 3.35. The van der Waals surface area contributed by atoms with E-state index in [1.165, 1.54) is 17.7 Å². The second kappa shape index (κ2) is 8.17. The molecule has 0 aliphatic rings. The van der Waals surface area contributed by atoms with Crippen LogP contribution < -0.4 is 14.8 Å². The summed E-state index contributed by atoms with van der Waals surface area (Å²) in [6, 6.07) is 11.4. The molecule has 0 unspecified atom stereocenters. The number of carbonyl (C=O) groups excluding carboxylic acids is 1. The van der Waals surface area contributed by atoms with Gasteiger partial charge in [0.2, 0.25) is 0 Å². The predicted octanol–water partition coefficient (Wildman–Crippen LogP) is 3.02. The lowest BCUT2D eigenvalue weighted by atomic mass is 10.1. The molecule has 2 aromatic rings. The summed E-state index contributed by atoms with van der Waals surface area (Å²) < 4.78 is 23.5. The number of aryl methyl sites for hydroxylation is 2.